The molecule has 2 aromatic rings. The van der Waals surface area contributed by atoms with Crippen molar-refractivity contribution in [2.24, 2.45) is 0 Å². The van der Waals surface area contributed by atoms with E-state index in [1.54, 1.807) is 36.4 Å². The summed E-state index contributed by atoms with van der Waals surface area (Å²) < 4.78 is 10.7. The zero-order chi connectivity index (χ0) is 22.2. The van der Waals surface area contributed by atoms with Crippen molar-refractivity contribution in [1.82, 2.24) is 0 Å². The average Bonchev–Trinajstić information content (AvgIpc) is 2.76. The van der Waals surface area contributed by atoms with Crippen LogP contribution in [0.5, 0.6) is 0 Å². The molecule has 1 aliphatic heterocycles. The highest BCUT2D eigenvalue weighted by Crippen LogP contribution is 2.23. The van der Waals surface area contributed by atoms with Gasteiger partial charge in [-0.3, -0.25) is 10.1 Å². The third kappa shape index (κ3) is 6.65. The summed E-state index contributed by atoms with van der Waals surface area (Å²) in [5, 5.41) is 5.95. The van der Waals surface area contributed by atoms with E-state index >= 15 is 0 Å². The lowest BCUT2D eigenvalue weighted by molar-refractivity contribution is -0.123. The quantitative estimate of drug-likeness (QED) is 0.626. The number of thioether (sulfide) groups is 1. The van der Waals surface area contributed by atoms with Crippen LogP contribution in [0, 0.1) is 0 Å². The Bertz CT molecular complexity index is 921. The molecule has 1 saturated heterocycles. The first-order valence-electron chi connectivity index (χ1n) is 9.62. The van der Waals surface area contributed by atoms with Gasteiger partial charge in [0.1, 0.15) is 0 Å². The Labute approximate surface area is 190 Å². The monoisotopic (exact) mass is 461 g/mol. The standard InChI is InChI=1S/C22H24ClN3O4S/c1-15-13-29-12-11-26(15)19-9-7-17(8-10-19)24-21(27)20(14-31-2)30-22(28)25-18-5-3-16(23)4-6-18/h3-10,20H,1,11-14H2,2H3,(H,24,27)(H,25,28). The topological polar surface area (TPSA) is 79.9 Å². The molecule has 1 aliphatic rings. The zero-order valence-corrected chi connectivity index (χ0v) is 18.7. The fraction of sp³-hybridized carbons (Fsp3) is 0.273. The third-order valence-corrected chi connectivity index (χ3v) is 5.39. The fourth-order valence-corrected chi connectivity index (χ4v) is 3.61. The second kappa shape index (κ2) is 11.1. The molecule has 0 saturated carbocycles. The maximum Gasteiger partial charge on any atom is 0.412 e. The van der Waals surface area contributed by atoms with Gasteiger partial charge in [0.2, 0.25) is 0 Å². The lowest BCUT2D eigenvalue weighted by Gasteiger charge is -2.31. The van der Waals surface area contributed by atoms with Gasteiger partial charge < -0.3 is 19.7 Å². The first-order chi connectivity index (χ1) is 15.0. The number of morpholine rings is 1. The van der Waals surface area contributed by atoms with Crippen molar-refractivity contribution in [1.29, 1.82) is 0 Å². The average molecular weight is 462 g/mol. The number of rotatable bonds is 7. The van der Waals surface area contributed by atoms with Crippen molar-refractivity contribution >= 4 is 52.4 Å². The molecular formula is C22H24ClN3O4S. The van der Waals surface area contributed by atoms with Gasteiger partial charge in [-0.25, -0.2) is 4.79 Å². The number of halogens is 1. The Morgan fingerprint density at radius 2 is 1.81 bits per heavy atom. The molecule has 0 spiro atoms. The van der Waals surface area contributed by atoms with E-state index in [1.165, 1.54) is 11.8 Å². The van der Waals surface area contributed by atoms with Crippen LogP contribution in [0.15, 0.2) is 60.8 Å². The highest BCUT2D eigenvalue weighted by molar-refractivity contribution is 7.98. The number of hydrogen-bond donors (Lipinski definition) is 2. The predicted molar refractivity (Wildman–Crippen MR) is 126 cm³/mol. The van der Waals surface area contributed by atoms with E-state index in [2.05, 4.69) is 22.1 Å². The molecule has 1 fully saturated rings. The Balaban J connectivity index is 1.58. The van der Waals surface area contributed by atoms with Gasteiger partial charge in [0.05, 0.1) is 13.2 Å². The Hall–Kier alpha value is -2.68. The number of hydrogen-bond acceptors (Lipinski definition) is 6. The molecule has 7 nitrogen and oxygen atoms in total. The lowest BCUT2D eigenvalue weighted by Crippen LogP contribution is -2.36. The Kier molecular flexibility index (Phi) is 8.22. The summed E-state index contributed by atoms with van der Waals surface area (Å²) in [5.74, 6) is -0.0740. The number of nitrogens with one attached hydrogen (secondary N) is 2. The Morgan fingerprint density at radius 1 is 1.16 bits per heavy atom. The van der Waals surface area contributed by atoms with Gasteiger partial charge in [-0.05, 0) is 54.8 Å². The molecule has 31 heavy (non-hydrogen) atoms. The molecule has 2 aromatic carbocycles. The number of nitrogens with zero attached hydrogens (tertiary/aromatic N) is 1. The molecule has 1 atom stereocenters. The predicted octanol–water partition coefficient (Wildman–Crippen LogP) is 4.61. The third-order valence-electron chi connectivity index (χ3n) is 4.51. The highest BCUT2D eigenvalue weighted by atomic mass is 35.5. The minimum Gasteiger partial charge on any atom is -0.435 e. The second-order valence-electron chi connectivity index (χ2n) is 6.79. The summed E-state index contributed by atoms with van der Waals surface area (Å²) in [6.45, 7) is 5.90. The molecule has 3 rings (SSSR count). The van der Waals surface area contributed by atoms with Crippen LogP contribution in [0.25, 0.3) is 0 Å². The summed E-state index contributed by atoms with van der Waals surface area (Å²) in [4.78, 5) is 27.0. The van der Waals surface area contributed by atoms with Gasteiger partial charge in [-0.2, -0.15) is 11.8 Å². The van der Waals surface area contributed by atoms with Crippen molar-refractivity contribution in [3.63, 3.8) is 0 Å². The number of anilines is 3. The SMILES string of the molecule is C=C1COCCN1c1ccc(NC(=O)C(CSC)OC(=O)Nc2ccc(Cl)cc2)cc1. The van der Waals surface area contributed by atoms with Gasteiger partial charge in [0, 0.05) is 40.1 Å². The number of carbonyl (C=O) groups is 2. The van der Waals surface area contributed by atoms with E-state index < -0.39 is 18.1 Å². The number of amides is 2. The van der Waals surface area contributed by atoms with Crippen LogP contribution in [0.1, 0.15) is 0 Å². The van der Waals surface area contributed by atoms with Crippen molar-refractivity contribution in [3.8, 4) is 0 Å². The van der Waals surface area contributed by atoms with E-state index in [-0.39, 0.29) is 0 Å². The van der Waals surface area contributed by atoms with Gasteiger partial charge >= 0.3 is 6.09 Å². The zero-order valence-electron chi connectivity index (χ0n) is 17.1. The molecule has 1 heterocycles. The molecule has 0 radical (unpaired) electrons. The van der Waals surface area contributed by atoms with Gasteiger partial charge in [-0.15, -0.1) is 0 Å². The maximum absolute atomic E-state index is 12.7. The number of benzene rings is 2. The van der Waals surface area contributed by atoms with Crippen LogP contribution in [-0.4, -0.2) is 49.9 Å². The first kappa shape index (κ1) is 23.0. The summed E-state index contributed by atoms with van der Waals surface area (Å²) in [5.41, 5.74) is 3.01. The molecule has 1 unspecified atom stereocenters. The summed E-state index contributed by atoms with van der Waals surface area (Å²) >= 11 is 7.25. The smallest absolute Gasteiger partial charge is 0.412 e. The van der Waals surface area contributed by atoms with E-state index in [0.29, 0.717) is 35.4 Å². The van der Waals surface area contributed by atoms with Crippen LogP contribution in [0.3, 0.4) is 0 Å². The summed E-state index contributed by atoms with van der Waals surface area (Å²) in [6.07, 6.45) is 0.184. The fourth-order valence-electron chi connectivity index (χ4n) is 2.97. The van der Waals surface area contributed by atoms with Crippen molar-refractivity contribution < 1.29 is 19.1 Å². The molecular weight excluding hydrogens is 438 g/mol. The lowest BCUT2D eigenvalue weighted by atomic mass is 10.2. The van der Waals surface area contributed by atoms with Crippen LogP contribution >= 0.6 is 23.4 Å². The van der Waals surface area contributed by atoms with Gasteiger partial charge in [0.25, 0.3) is 5.91 Å². The Morgan fingerprint density at radius 3 is 2.45 bits per heavy atom. The first-order valence-corrected chi connectivity index (χ1v) is 11.4. The van der Waals surface area contributed by atoms with Crippen LogP contribution in [0.2, 0.25) is 5.02 Å². The number of ether oxygens (including phenoxy) is 2. The molecule has 0 aliphatic carbocycles. The van der Waals surface area contributed by atoms with E-state index in [9.17, 15) is 9.59 Å². The second-order valence-corrected chi connectivity index (χ2v) is 8.13. The van der Waals surface area contributed by atoms with Gasteiger partial charge in [-0.1, -0.05) is 18.2 Å². The van der Waals surface area contributed by atoms with E-state index in [1.807, 2.05) is 18.4 Å². The van der Waals surface area contributed by atoms with Crippen molar-refractivity contribution in [2.45, 2.75) is 6.10 Å². The molecule has 0 bridgehead atoms. The van der Waals surface area contributed by atoms with Gasteiger partial charge in [0.15, 0.2) is 6.10 Å². The molecule has 164 valence electrons. The van der Waals surface area contributed by atoms with Crippen LogP contribution < -0.4 is 15.5 Å². The van der Waals surface area contributed by atoms with Crippen LogP contribution in [-0.2, 0) is 14.3 Å². The van der Waals surface area contributed by atoms with E-state index in [0.717, 1.165) is 17.9 Å². The van der Waals surface area contributed by atoms with Crippen molar-refractivity contribution in [3.05, 3.63) is 65.8 Å². The minimum absolute atomic E-state index is 0.325. The normalized spacial score (nSPS) is 14.6. The molecule has 0 aromatic heterocycles. The molecule has 9 heteroatoms. The summed E-state index contributed by atoms with van der Waals surface area (Å²) in [7, 11) is 0. The molecule has 2 N–H and O–H groups in total. The van der Waals surface area contributed by atoms with E-state index in [4.69, 9.17) is 21.1 Å². The maximum atomic E-state index is 12.7. The number of carbonyl (C=O) groups excluding carboxylic acids is 2. The van der Waals surface area contributed by atoms with Crippen molar-refractivity contribution in [2.75, 3.05) is 47.3 Å². The van der Waals surface area contributed by atoms with Crippen LogP contribution in [0.4, 0.5) is 21.9 Å². The summed E-state index contributed by atoms with van der Waals surface area (Å²) in [6, 6.07) is 14.0. The highest BCUT2D eigenvalue weighted by Gasteiger charge is 2.23. The molecule has 2 amide bonds. The largest absolute Gasteiger partial charge is 0.435 e. The minimum atomic E-state index is -0.944.